The molecule has 0 aliphatic heterocycles. The second kappa shape index (κ2) is 6.47. The number of carbonyl (C=O) groups is 1. The van der Waals surface area contributed by atoms with Crippen LogP contribution >= 0.6 is 11.6 Å². The van der Waals surface area contributed by atoms with Crippen LogP contribution in [0.3, 0.4) is 0 Å². The minimum absolute atomic E-state index is 0.0486. The predicted molar refractivity (Wildman–Crippen MR) is 53.6 cm³/mol. The SMILES string of the molecule is CCCC(Cl)[C@H](CCC)C(C)=O. The molecule has 12 heavy (non-hydrogen) atoms. The van der Waals surface area contributed by atoms with Crippen molar-refractivity contribution < 1.29 is 4.79 Å². The van der Waals surface area contributed by atoms with Gasteiger partial charge in [0.2, 0.25) is 0 Å². The van der Waals surface area contributed by atoms with Gasteiger partial charge in [-0.15, -0.1) is 11.6 Å². The molecule has 0 bridgehead atoms. The lowest BCUT2D eigenvalue weighted by Gasteiger charge is -2.18. The molecule has 0 aromatic rings. The molecule has 0 aromatic carbocycles. The van der Waals surface area contributed by atoms with E-state index in [1.54, 1.807) is 6.92 Å². The Kier molecular flexibility index (Phi) is 6.45. The monoisotopic (exact) mass is 190 g/mol. The summed E-state index contributed by atoms with van der Waals surface area (Å²) < 4.78 is 0. The van der Waals surface area contributed by atoms with Gasteiger partial charge in [0.1, 0.15) is 5.78 Å². The van der Waals surface area contributed by atoms with E-state index in [1.165, 1.54) is 0 Å². The van der Waals surface area contributed by atoms with Gasteiger partial charge in [-0.3, -0.25) is 4.79 Å². The van der Waals surface area contributed by atoms with Crippen LogP contribution in [0.2, 0.25) is 0 Å². The van der Waals surface area contributed by atoms with E-state index in [4.69, 9.17) is 11.6 Å². The molecule has 0 aromatic heterocycles. The van der Waals surface area contributed by atoms with Crippen LogP contribution in [0.25, 0.3) is 0 Å². The molecule has 1 nitrogen and oxygen atoms in total. The lowest BCUT2D eigenvalue weighted by molar-refractivity contribution is -0.121. The molecule has 0 fully saturated rings. The lowest BCUT2D eigenvalue weighted by atomic mass is 9.93. The Morgan fingerprint density at radius 1 is 1.25 bits per heavy atom. The van der Waals surface area contributed by atoms with E-state index in [-0.39, 0.29) is 17.1 Å². The first kappa shape index (κ1) is 12.0. The highest BCUT2D eigenvalue weighted by molar-refractivity contribution is 6.22. The lowest BCUT2D eigenvalue weighted by Crippen LogP contribution is -2.22. The number of hydrogen-bond acceptors (Lipinski definition) is 1. The fourth-order valence-corrected chi connectivity index (χ4v) is 1.95. The average Bonchev–Trinajstić information content (AvgIpc) is 1.99. The van der Waals surface area contributed by atoms with E-state index in [1.807, 2.05) is 0 Å². The summed E-state index contributed by atoms with van der Waals surface area (Å²) in [6.45, 7) is 5.83. The minimum atomic E-state index is 0.0486. The van der Waals surface area contributed by atoms with Crippen LogP contribution < -0.4 is 0 Å². The normalized spacial score (nSPS) is 15.7. The fourth-order valence-electron chi connectivity index (χ4n) is 1.43. The molecule has 2 atom stereocenters. The number of carbonyl (C=O) groups excluding carboxylic acids is 1. The zero-order valence-electron chi connectivity index (χ0n) is 8.27. The van der Waals surface area contributed by atoms with Crippen molar-refractivity contribution in [3.8, 4) is 0 Å². The molecule has 0 radical (unpaired) electrons. The molecule has 72 valence electrons. The first-order chi connectivity index (χ1) is 5.63. The minimum Gasteiger partial charge on any atom is -0.300 e. The second-order valence-corrected chi connectivity index (χ2v) is 3.87. The Hall–Kier alpha value is -0.0400. The van der Waals surface area contributed by atoms with Crippen LogP contribution in [0.15, 0.2) is 0 Å². The molecule has 0 heterocycles. The second-order valence-electron chi connectivity index (χ2n) is 3.31. The molecule has 0 spiro atoms. The van der Waals surface area contributed by atoms with Crippen molar-refractivity contribution in [2.45, 2.75) is 51.8 Å². The largest absolute Gasteiger partial charge is 0.300 e. The van der Waals surface area contributed by atoms with Gasteiger partial charge in [-0.05, 0) is 19.8 Å². The molecule has 0 aliphatic rings. The van der Waals surface area contributed by atoms with Gasteiger partial charge in [0.25, 0.3) is 0 Å². The third kappa shape index (κ3) is 4.10. The van der Waals surface area contributed by atoms with Crippen LogP contribution in [0, 0.1) is 5.92 Å². The number of hydrogen-bond donors (Lipinski definition) is 0. The van der Waals surface area contributed by atoms with Gasteiger partial charge in [0.05, 0.1) is 0 Å². The molecule has 2 heteroatoms. The van der Waals surface area contributed by atoms with E-state index in [0.717, 1.165) is 25.7 Å². The van der Waals surface area contributed by atoms with Gasteiger partial charge in [0.15, 0.2) is 0 Å². The number of halogens is 1. The Morgan fingerprint density at radius 3 is 2.08 bits per heavy atom. The summed E-state index contributed by atoms with van der Waals surface area (Å²) in [6.07, 6.45) is 3.98. The van der Waals surface area contributed by atoms with Crippen LogP contribution in [0.1, 0.15) is 46.5 Å². The maximum absolute atomic E-state index is 11.2. The van der Waals surface area contributed by atoms with Crippen LogP contribution in [0.4, 0.5) is 0 Å². The zero-order chi connectivity index (χ0) is 9.56. The average molecular weight is 191 g/mol. The number of Topliss-reactive ketones (excluding diaryl/α,β-unsaturated/α-hetero) is 1. The van der Waals surface area contributed by atoms with Gasteiger partial charge >= 0.3 is 0 Å². The Morgan fingerprint density at radius 2 is 1.75 bits per heavy atom. The van der Waals surface area contributed by atoms with Crippen LogP contribution in [-0.2, 0) is 4.79 Å². The van der Waals surface area contributed by atoms with Crippen molar-refractivity contribution in [1.29, 1.82) is 0 Å². The topological polar surface area (TPSA) is 17.1 Å². The standard InChI is InChI=1S/C10H19ClO/c1-4-6-9(8(3)12)10(11)7-5-2/h9-10H,4-7H2,1-3H3/t9-,10?/m1/s1. The molecule has 0 N–H and O–H groups in total. The molecule has 0 aliphatic carbocycles. The molecule has 0 saturated heterocycles. The van der Waals surface area contributed by atoms with Gasteiger partial charge in [-0.25, -0.2) is 0 Å². The fraction of sp³-hybridized carbons (Fsp3) is 0.900. The maximum atomic E-state index is 11.2. The van der Waals surface area contributed by atoms with Crippen molar-refractivity contribution in [3.63, 3.8) is 0 Å². The summed E-state index contributed by atoms with van der Waals surface area (Å²) in [5.74, 6) is 0.321. The quantitative estimate of drug-likeness (QED) is 0.587. The first-order valence-electron chi connectivity index (χ1n) is 4.78. The Labute approximate surface area is 80.5 Å². The predicted octanol–water partition coefficient (Wildman–Crippen LogP) is 3.40. The summed E-state index contributed by atoms with van der Waals surface area (Å²) in [7, 11) is 0. The van der Waals surface area contributed by atoms with Gasteiger partial charge in [0, 0.05) is 11.3 Å². The van der Waals surface area contributed by atoms with Gasteiger partial charge in [-0.2, -0.15) is 0 Å². The van der Waals surface area contributed by atoms with Gasteiger partial charge < -0.3 is 0 Å². The number of rotatable bonds is 6. The molecule has 1 unspecified atom stereocenters. The zero-order valence-corrected chi connectivity index (χ0v) is 9.03. The highest BCUT2D eigenvalue weighted by atomic mass is 35.5. The third-order valence-electron chi connectivity index (χ3n) is 2.12. The Bertz CT molecular complexity index is 134. The summed E-state index contributed by atoms with van der Waals surface area (Å²) in [6, 6.07) is 0. The third-order valence-corrected chi connectivity index (χ3v) is 2.65. The maximum Gasteiger partial charge on any atom is 0.134 e. The van der Waals surface area contributed by atoms with Crippen LogP contribution in [-0.4, -0.2) is 11.2 Å². The van der Waals surface area contributed by atoms with E-state index in [0.29, 0.717) is 0 Å². The molecule has 0 saturated carbocycles. The molecular weight excluding hydrogens is 172 g/mol. The van der Waals surface area contributed by atoms with E-state index < -0.39 is 0 Å². The van der Waals surface area contributed by atoms with Crippen molar-refractivity contribution in [1.82, 2.24) is 0 Å². The highest BCUT2D eigenvalue weighted by Gasteiger charge is 2.21. The molecular formula is C10H19ClO. The number of alkyl halides is 1. The Balaban J connectivity index is 3.99. The summed E-state index contributed by atoms with van der Waals surface area (Å²) in [5.41, 5.74) is 0. The van der Waals surface area contributed by atoms with Crippen molar-refractivity contribution >= 4 is 17.4 Å². The summed E-state index contributed by atoms with van der Waals surface area (Å²) in [4.78, 5) is 11.2. The van der Waals surface area contributed by atoms with Crippen molar-refractivity contribution in [2.24, 2.45) is 5.92 Å². The highest BCUT2D eigenvalue weighted by Crippen LogP contribution is 2.21. The van der Waals surface area contributed by atoms with E-state index in [9.17, 15) is 4.79 Å². The first-order valence-corrected chi connectivity index (χ1v) is 5.21. The van der Waals surface area contributed by atoms with Crippen LogP contribution in [0.5, 0.6) is 0 Å². The molecule has 0 rings (SSSR count). The van der Waals surface area contributed by atoms with Crippen molar-refractivity contribution in [2.75, 3.05) is 0 Å². The number of ketones is 1. The summed E-state index contributed by atoms with van der Waals surface area (Å²) >= 11 is 6.10. The van der Waals surface area contributed by atoms with E-state index in [2.05, 4.69) is 13.8 Å². The smallest absolute Gasteiger partial charge is 0.134 e. The summed E-state index contributed by atoms with van der Waals surface area (Å²) in [5, 5.41) is 0.0486. The van der Waals surface area contributed by atoms with E-state index >= 15 is 0 Å². The van der Waals surface area contributed by atoms with Crippen molar-refractivity contribution in [3.05, 3.63) is 0 Å². The van der Waals surface area contributed by atoms with Gasteiger partial charge in [-0.1, -0.05) is 26.7 Å². The molecule has 0 amide bonds.